The molecule has 0 fully saturated rings. The number of hydrogen-bond acceptors (Lipinski definition) is 2. The topological polar surface area (TPSA) is 6.48 Å². The van der Waals surface area contributed by atoms with Crippen LogP contribution in [0.4, 0.5) is 0 Å². The average molecular weight is 289 g/mol. The molecule has 0 unspecified atom stereocenters. The predicted octanol–water partition coefficient (Wildman–Crippen LogP) is 3.79. The molecule has 0 radical (unpaired) electrons. The molecule has 0 amide bonds. The van der Waals surface area contributed by atoms with Crippen LogP contribution >= 0.6 is 15.9 Å². The molecule has 0 aliphatic carbocycles. The summed E-state index contributed by atoms with van der Waals surface area (Å²) in [5.41, 5.74) is 0. The SMILES string of the molecule is CCCCN1C=CN(CCCCCCBr)C1. The molecule has 0 saturated heterocycles. The maximum absolute atomic E-state index is 3.47. The van der Waals surface area contributed by atoms with E-state index in [1.54, 1.807) is 0 Å². The summed E-state index contributed by atoms with van der Waals surface area (Å²) in [6.45, 7) is 5.80. The summed E-state index contributed by atoms with van der Waals surface area (Å²) >= 11 is 3.47. The largest absolute Gasteiger partial charge is 0.359 e. The van der Waals surface area contributed by atoms with E-state index in [1.807, 2.05) is 0 Å². The van der Waals surface area contributed by atoms with E-state index in [2.05, 4.69) is 45.1 Å². The van der Waals surface area contributed by atoms with Gasteiger partial charge in [-0.25, -0.2) is 0 Å². The van der Waals surface area contributed by atoms with E-state index in [-0.39, 0.29) is 0 Å². The summed E-state index contributed by atoms with van der Waals surface area (Å²) in [6, 6.07) is 0. The number of unbranched alkanes of at least 4 members (excludes halogenated alkanes) is 4. The second-order valence-electron chi connectivity index (χ2n) is 4.52. The van der Waals surface area contributed by atoms with E-state index < -0.39 is 0 Å². The lowest BCUT2D eigenvalue weighted by atomic mass is 10.2. The Morgan fingerprint density at radius 1 is 0.938 bits per heavy atom. The highest BCUT2D eigenvalue weighted by Gasteiger charge is 2.10. The van der Waals surface area contributed by atoms with Crippen molar-refractivity contribution in [2.24, 2.45) is 0 Å². The molecule has 1 aliphatic heterocycles. The molecular weight excluding hydrogens is 264 g/mol. The van der Waals surface area contributed by atoms with Crippen molar-refractivity contribution in [3.8, 4) is 0 Å². The quantitative estimate of drug-likeness (QED) is 0.471. The molecule has 0 aromatic rings. The fourth-order valence-corrected chi connectivity index (χ4v) is 2.33. The minimum atomic E-state index is 1.11. The van der Waals surface area contributed by atoms with Crippen LogP contribution in [0.1, 0.15) is 45.4 Å². The van der Waals surface area contributed by atoms with Gasteiger partial charge in [-0.2, -0.15) is 0 Å². The Kier molecular flexibility index (Phi) is 7.73. The first-order chi connectivity index (χ1) is 7.86. The van der Waals surface area contributed by atoms with E-state index in [9.17, 15) is 0 Å². The summed E-state index contributed by atoms with van der Waals surface area (Å²) in [7, 11) is 0. The van der Waals surface area contributed by atoms with Crippen molar-refractivity contribution >= 4 is 15.9 Å². The average Bonchev–Trinajstić information content (AvgIpc) is 2.74. The lowest BCUT2D eigenvalue weighted by Crippen LogP contribution is -2.26. The number of rotatable bonds is 9. The molecule has 0 atom stereocenters. The molecule has 94 valence electrons. The predicted molar refractivity (Wildman–Crippen MR) is 74.6 cm³/mol. The molecule has 16 heavy (non-hydrogen) atoms. The van der Waals surface area contributed by atoms with Crippen molar-refractivity contribution in [3.05, 3.63) is 12.4 Å². The molecule has 0 spiro atoms. The minimum Gasteiger partial charge on any atom is -0.359 e. The third-order valence-electron chi connectivity index (χ3n) is 2.98. The highest BCUT2D eigenvalue weighted by molar-refractivity contribution is 9.09. The Morgan fingerprint density at radius 2 is 1.56 bits per heavy atom. The second kappa shape index (κ2) is 8.91. The third kappa shape index (κ3) is 5.78. The van der Waals surface area contributed by atoms with Gasteiger partial charge in [-0.15, -0.1) is 0 Å². The maximum atomic E-state index is 3.47. The van der Waals surface area contributed by atoms with Gasteiger partial charge in [0, 0.05) is 30.8 Å². The standard InChI is InChI=1S/C13H25BrN2/c1-2-3-9-15-11-12-16(13-15)10-7-5-4-6-8-14/h11-12H,2-10,13H2,1H3. The summed E-state index contributed by atoms with van der Waals surface area (Å²) in [5, 5.41) is 1.15. The van der Waals surface area contributed by atoms with E-state index in [4.69, 9.17) is 0 Å². The zero-order valence-electron chi connectivity index (χ0n) is 10.5. The molecule has 1 aliphatic rings. The van der Waals surface area contributed by atoms with Crippen LogP contribution in [0.3, 0.4) is 0 Å². The minimum absolute atomic E-state index is 1.11. The van der Waals surface area contributed by atoms with Crippen molar-refractivity contribution in [1.82, 2.24) is 9.80 Å². The normalized spacial score (nSPS) is 15.1. The van der Waals surface area contributed by atoms with Crippen molar-refractivity contribution in [2.45, 2.75) is 45.4 Å². The molecule has 0 aromatic carbocycles. The third-order valence-corrected chi connectivity index (χ3v) is 3.54. The number of hydrogen-bond donors (Lipinski definition) is 0. The Bertz CT molecular complexity index is 194. The highest BCUT2D eigenvalue weighted by Crippen LogP contribution is 2.10. The Hall–Kier alpha value is -0.180. The van der Waals surface area contributed by atoms with Crippen LogP contribution in [0.2, 0.25) is 0 Å². The summed E-state index contributed by atoms with van der Waals surface area (Å²) in [6.07, 6.45) is 12.5. The molecule has 0 saturated carbocycles. The first-order valence-electron chi connectivity index (χ1n) is 6.59. The first kappa shape index (κ1) is 13.9. The van der Waals surface area contributed by atoms with Crippen molar-refractivity contribution in [3.63, 3.8) is 0 Å². The van der Waals surface area contributed by atoms with Gasteiger partial charge in [0.1, 0.15) is 0 Å². The van der Waals surface area contributed by atoms with Gasteiger partial charge >= 0.3 is 0 Å². The lowest BCUT2D eigenvalue weighted by molar-refractivity contribution is 0.258. The van der Waals surface area contributed by atoms with Gasteiger partial charge in [0.15, 0.2) is 0 Å². The van der Waals surface area contributed by atoms with Crippen LogP contribution in [0.5, 0.6) is 0 Å². The van der Waals surface area contributed by atoms with Crippen LogP contribution in [-0.4, -0.2) is 34.9 Å². The van der Waals surface area contributed by atoms with Crippen LogP contribution in [-0.2, 0) is 0 Å². The molecule has 0 aromatic heterocycles. The zero-order valence-corrected chi connectivity index (χ0v) is 12.1. The van der Waals surface area contributed by atoms with Crippen LogP contribution in [0.15, 0.2) is 12.4 Å². The Morgan fingerprint density at radius 3 is 2.19 bits per heavy atom. The summed E-state index contributed by atoms with van der Waals surface area (Å²) < 4.78 is 0. The molecule has 3 heteroatoms. The number of nitrogens with zero attached hydrogens (tertiary/aromatic N) is 2. The van der Waals surface area contributed by atoms with Gasteiger partial charge in [-0.3, -0.25) is 0 Å². The highest BCUT2D eigenvalue weighted by atomic mass is 79.9. The monoisotopic (exact) mass is 288 g/mol. The van der Waals surface area contributed by atoms with Gasteiger partial charge in [0.05, 0.1) is 6.67 Å². The van der Waals surface area contributed by atoms with Gasteiger partial charge < -0.3 is 9.80 Å². The molecule has 1 heterocycles. The zero-order chi connectivity index (χ0) is 11.6. The molecular formula is C13H25BrN2. The Labute approximate surface area is 109 Å². The lowest BCUT2D eigenvalue weighted by Gasteiger charge is -2.21. The van der Waals surface area contributed by atoms with E-state index in [0.717, 1.165) is 12.0 Å². The molecule has 0 N–H and O–H groups in total. The van der Waals surface area contributed by atoms with Gasteiger partial charge in [-0.05, 0) is 19.3 Å². The first-order valence-corrected chi connectivity index (χ1v) is 7.71. The fraction of sp³-hybridized carbons (Fsp3) is 0.846. The van der Waals surface area contributed by atoms with Crippen molar-refractivity contribution in [2.75, 3.05) is 25.1 Å². The number of alkyl halides is 1. The Balaban J connectivity index is 1.97. The second-order valence-corrected chi connectivity index (χ2v) is 5.31. The van der Waals surface area contributed by atoms with Crippen LogP contribution in [0, 0.1) is 0 Å². The van der Waals surface area contributed by atoms with Gasteiger partial charge in [0.2, 0.25) is 0 Å². The van der Waals surface area contributed by atoms with Crippen molar-refractivity contribution in [1.29, 1.82) is 0 Å². The molecule has 0 bridgehead atoms. The summed E-state index contributed by atoms with van der Waals surface area (Å²) in [4.78, 5) is 4.85. The number of halogens is 1. The van der Waals surface area contributed by atoms with Gasteiger partial charge in [0.25, 0.3) is 0 Å². The summed E-state index contributed by atoms with van der Waals surface area (Å²) in [5.74, 6) is 0. The van der Waals surface area contributed by atoms with E-state index >= 15 is 0 Å². The van der Waals surface area contributed by atoms with Gasteiger partial charge in [-0.1, -0.05) is 42.1 Å². The van der Waals surface area contributed by atoms with E-state index in [1.165, 1.54) is 51.6 Å². The molecule has 1 rings (SSSR count). The molecule has 2 nitrogen and oxygen atoms in total. The smallest absolute Gasteiger partial charge is 0.0893 e. The van der Waals surface area contributed by atoms with Crippen LogP contribution < -0.4 is 0 Å². The van der Waals surface area contributed by atoms with E-state index in [0.29, 0.717) is 0 Å². The maximum Gasteiger partial charge on any atom is 0.0893 e. The van der Waals surface area contributed by atoms with Crippen molar-refractivity contribution < 1.29 is 0 Å². The fourth-order valence-electron chi connectivity index (χ4n) is 1.93. The van der Waals surface area contributed by atoms with Crippen LogP contribution in [0.25, 0.3) is 0 Å².